The fraction of sp³-hybridized carbons (Fsp3) is 0.463. The number of unbranched alkanes of at least 4 members (excludes halogenated alkanes) is 18. The van der Waals surface area contributed by atoms with Gasteiger partial charge < -0.3 is 14.2 Å². The van der Waals surface area contributed by atoms with Crippen LogP contribution in [0.15, 0.2) is 84.9 Å². The lowest BCUT2D eigenvalue weighted by Gasteiger charge is -2.35. The number of fused-ring (bicyclic) bond motifs is 2. The standard InChI is InChI=1S/C67H78I2N2O7/c1-4-7-10-13-15-17-21-26-45(27-22-18-16-14-11-8-5-2)70-64(72)52-36-32-48-50-34-38-54-63-55(39-35-51(61(50)63)49-33-37-53(65(70)73)62(52)60(48)49)67(75)71(66(54)74)46-28-30-47(31-29-46)76-40-24-19-20-25-42-78-59-44-56(68)58(43-57(59)69)77-41-23-12-9-6-3/h28-39,43-45H,4-27,40-42H2,1-3H3. The maximum absolute atomic E-state index is 14.8. The van der Waals surface area contributed by atoms with Crippen molar-refractivity contribution in [2.45, 2.75) is 181 Å². The number of halogens is 2. The number of carbonyl (C=O) groups excluding carboxylic acids is 4. The third-order valence-corrected chi connectivity index (χ3v) is 17.9. The molecule has 7 aromatic carbocycles. The van der Waals surface area contributed by atoms with E-state index < -0.39 is 0 Å². The van der Waals surface area contributed by atoms with Crippen molar-refractivity contribution in [2.75, 3.05) is 24.7 Å². The van der Waals surface area contributed by atoms with Crippen LogP contribution in [0.1, 0.15) is 216 Å². The van der Waals surface area contributed by atoms with Crippen molar-refractivity contribution in [2.24, 2.45) is 0 Å². The van der Waals surface area contributed by atoms with Crippen molar-refractivity contribution in [1.29, 1.82) is 0 Å². The van der Waals surface area contributed by atoms with Crippen molar-refractivity contribution in [1.82, 2.24) is 4.90 Å². The third-order valence-electron chi connectivity index (χ3n) is 16.2. The van der Waals surface area contributed by atoms with E-state index in [-0.39, 0.29) is 29.7 Å². The molecule has 412 valence electrons. The lowest BCUT2D eigenvalue weighted by molar-refractivity contribution is 0.0516. The summed E-state index contributed by atoms with van der Waals surface area (Å²) in [6.45, 7) is 8.65. The molecule has 2 heterocycles. The van der Waals surface area contributed by atoms with Crippen LogP contribution in [0.4, 0.5) is 5.69 Å². The fourth-order valence-corrected chi connectivity index (χ4v) is 13.2. The number of imide groups is 2. The number of carbonyl (C=O) groups is 4. The molecular formula is C67H78I2N2O7. The number of nitrogens with zero attached hydrogens (tertiary/aromatic N) is 2. The lowest BCUT2D eigenvalue weighted by atomic mass is 9.82. The maximum Gasteiger partial charge on any atom is 0.265 e. The molecular weight excluding hydrogens is 1200 g/mol. The van der Waals surface area contributed by atoms with Crippen LogP contribution in [0.2, 0.25) is 0 Å². The highest BCUT2D eigenvalue weighted by atomic mass is 127. The van der Waals surface area contributed by atoms with Gasteiger partial charge in [-0.15, -0.1) is 0 Å². The molecule has 9 rings (SSSR count). The van der Waals surface area contributed by atoms with Gasteiger partial charge in [-0.3, -0.25) is 24.1 Å². The van der Waals surface area contributed by atoms with Crippen LogP contribution in [0.3, 0.4) is 0 Å². The Morgan fingerprint density at radius 3 is 1.14 bits per heavy atom. The number of benzene rings is 7. The highest BCUT2D eigenvalue weighted by Gasteiger charge is 2.39. The zero-order valence-corrected chi connectivity index (χ0v) is 50.6. The molecule has 0 saturated carbocycles. The summed E-state index contributed by atoms with van der Waals surface area (Å²) in [6, 6.07) is 26.6. The van der Waals surface area contributed by atoms with Crippen LogP contribution in [0.5, 0.6) is 17.2 Å². The first kappa shape index (κ1) is 57.7. The predicted molar refractivity (Wildman–Crippen MR) is 336 cm³/mol. The van der Waals surface area contributed by atoms with Crippen molar-refractivity contribution in [3.05, 3.63) is 114 Å². The van der Waals surface area contributed by atoms with Gasteiger partial charge in [0.1, 0.15) is 17.2 Å². The summed E-state index contributed by atoms with van der Waals surface area (Å²) in [7, 11) is 0. The lowest BCUT2D eigenvalue weighted by Crippen LogP contribution is -2.47. The summed E-state index contributed by atoms with van der Waals surface area (Å²) in [5.41, 5.74) is 2.53. The highest BCUT2D eigenvalue weighted by molar-refractivity contribution is 14.1. The Morgan fingerprint density at radius 2 is 0.731 bits per heavy atom. The van der Waals surface area contributed by atoms with E-state index in [4.69, 9.17) is 14.2 Å². The molecule has 2 aliphatic rings. The minimum Gasteiger partial charge on any atom is -0.494 e. The number of hydrogen-bond acceptors (Lipinski definition) is 7. The van der Waals surface area contributed by atoms with Gasteiger partial charge in [-0.25, -0.2) is 4.90 Å². The molecule has 0 aliphatic carbocycles. The van der Waals surface area contributed by atoms with E-state index in [0.717, 1.165) is 128 Å². The van der Waals surface area contributed by atoms with Crippen LogP contribution >= 0.6 is 45.2 Å². The number of ether oxygens (including phenoxy) is 3. The van der Waals surface area contributed by atoms with E-state index in [1.54, 1.807) is 17.0 Å². The summed E-state index contributed by atoms with van der Waals surface area (Å²) in [5.74, 6) is 1.33. The Kier molecular flexibility index (Phi) is 20.6. The number of amides is 4. The minimum atomic E-state index is -0.382. The molecule has 0 atom stereocenters. The SMILES string of the molecule is CCCCCCCCCC(CCCCCCCCC)N1C(=O)c2ccc3c4ccc5c6c(ccc(c7ccc(c2c37)C1=O)c64)C(=O)N(c1ccc(OCCCCCCOc2cc(I)c(OCCCCCC)cc2I)cc1)C5=O. The summed E-state index contributed by atoms with van der Waals surface area (Å²) in [6.07, 6.45) is 26.9. The van der Waals surface area contributed by atoms with E-state index in [2.05, 4.69) is 78.1 Å². The highest BCUT2D eigenvalue weighted by Crippen LogP contribution is 2.47. The van der Waals surface area contributed by atoms with E-state index in [1.807, 2.05) is 60.7 Å². The molecule has 7 aromatic rings. The van der Waals surface area contributed by atoms with Crippen molar-refractivity contribution < 1.29 is 33.4 Å². The number of hydrogen-bond donors (Lipinski definition) is 0. The third kappa shape index (κ3) is 12.8. The first-order valence-corrected chi connectivity index (χ1v) is 31.8. The van der Waals surface area contributed by atoms with Crippen LogP contribution in [0.25, 0.3) is 43.1 Å². The molecule has 0 spiro atoms. The van der Waals surface area contributed by atoms with Crippen molar-refractivity contribution >= 4 is 118 Å². The molecule has 2 aliphatic heterocycles. The van der Waals surface area contributed by atoms with Crippen molar-refractivity contribution in [3.8, 4) is 17.2 Å². The number of anilines is 1. The predicted octanol–water partition coefficient (Wildman–Crippen LogP) is 19.0. The van der Waals surface area contributed by atoms with Crippen LogP contribution in [0, 0.1) is 7.14 Å². The molecule has 9 nitrogen and oxygen atoms in total. The average Bonchev–Trinajstić information content (AvgIpc) is 2.78. The Bertz CT molecular complexity index is 3090. The first-order valence-electron chi connectivity index (χ1n) is 29.6. The van der Waals surface area contributed by atoms with E-state index in [0.29, 0.717) is 57.7 Å². The van der Waals surface area contributed by atoms with Gasteiger partial charge >= 0.3 is 0 Å². The smallest absolute Gasteiger partial charge is 0.265 e. The minimum absolute atomic E-state index is 0.142. The molecule has 11 heteroatoms. The first-order chi connectivity index (χ1) is 38.2. The summed E-state index contributed by atoms with van der Waals surface area (Å²) < 4.78 is 20.4. The Hall–Kier alpha value is -5.02. The zero-order valence-electron chi connectivity index (χ0n) is 46.3. The monoisotopic (exact) mass is 1280 g/mol. The summed E-state index contributed by atoms with van der Waals surface area (Å²) >= 11 is 4.65. The molecule has 0 unspecified atom stereocenters. The van der Waals surface area contributed by atoms with Gasteiger partial charge in [-0.2, -0.15) is 0 Å². The van der Waals surface area contributed by atoms with Gasteiger partial charge in [0.2, 0.25) is 0 Å². The molecule has 4 amide bonds. The summed E-state index contributed by atoms with van der Waals surface area (Å²) in [4.78, 5) is 61.5. The van der Waals surface area contributed by atoms with Gasteiger partial charge in [0, 0.05) is 39.1 Å². The van der Waals surface area contributed by atoms with Crippen molar-refractivity contribution in [3.63, 3.8) is 0 Å². The van der Waals surface area contributed by atoms with Crippen LogP contribution < -0.4 is 19.1 Å². The van der Waals surface area contributed by atoms with Gasteiger partial charge in [-0.05, 0) is 183 Å². The van der Waals surface area contributed by atoms with Gasteiger partial charge in [0.15, 0.2) is 0 Å². The molecule has 0 bridgehead atoms. The second-order valence-electron chi connectivity index (χ2n) is 21.8. The molecule has 78 heavy (non-hydrogen) atoms. The maximum atomic E-state index is 14.8. The Morgan fingerprint density at radius 1 is 0.385 bits per heavy atom. The Balaban J connectivity index is 0.846. The topological polar surface area (TPSA) is 102 Å². The summed E-state index contributed by atoms with van der Waals surface area (Å²) in [5, 5.41) is 6.61. The van der Waals surface area contributed by atoms with E-state index in [9.17, 15) is 19.2 Å². The molecule has 0 saturated heterocycles. The zero-order chi connectivity index (χ0) is 54.5. The van der Waals surface area contributed by atoms with Gasteiger partial charge in [-0.1, -0.05) is 154 Å². The van der Waals surface area contributed by atoms with E-state index in [1.165, 1.54) is 88.4 Å². The second-order valence-corrected chi connectivity index (χ2v) is 24.1. The normalized spacial score (nSPS) is 13.5. The van der Waals surface area contributed by atoms with Crippen LogP contribution in [-0.4, -0.2) is 54.4 Å². The quantitative estimate of drug-likeness (QED) is 0.0133. The molecule has 0 fully saturated rings. The van der Waals surface area contributed by atoms with E-state index >= 15 is 0 Å². The fourth-order valence-electron chi connectivity index (χ4n) is 12.0. The molecule has 0 aromatic heterocycles. The van der Waals surface area contributed by atoms with Gasteiger partial charge in [0.25, 0.3) is 23.6 Å². The number of rotatable bonds is 33. The molecule has 0 radical (unpaired) electrons. The molecule has 0 N–H and O–H groups in total. The average molecular weight is 1280 g/mol. The largest absolute Gasteiger partial charge is 0.494 e. The second kappa shape index (κ2) is 27.9. The Labute approximate surface area is 489 Å². The van der Waals surface area contributed by atoms with Gasteiger partial charge in [0.05, 0.1) is 32.6 Å². The van der Waals surface area contributed by atoms with Crippen LogP contribution in [-0.2, 0) is 0 Å².